The topological polar surface area (TPSA) is 80.5 Å². The Bertz CT molecular complexity index is 356. The predicted molar refractivity (Wildman–Crippen MR) is 43.3 cm³/mol. The Morgan fingerprint density at radius 1 is 1.45 bits per heavy atom. The van der Waals surface area contributed by atoms with Crippen molar-refractivity contribution in [2.45, 2.75) is 0 Å². The number of nitrogen functional groups attached to an aromatic ring is 1. The van der Waals surface area contributed by atoms with E-state index in [4.69, 9.17) is 5.73 Å². The second-order valence-electron chi connectivity index (χ2n) is 1.90. The van der Waals surface area contributed by atoms with Crippen molar-refractivity contribution in [3.05, 3.63) is 12.5 Å². The predicted octanol–water partition coefficient (Wildman–Crippen LogP) is 0.357. The average molecular weight is 172 g/mol. The van der Waals surface area contributed by atoms with E-state index in [9.17, 15) is 0 Å². The maximum Gasteiger partial charge on any atom is 0.186 e. The van der Waals surface area contributed by atoms with Crippen LogP contribution in [0.15, 0.2) is 12.5 Å². The molecule has 0 aliphatic rings. The van der Waals surface area contributed by atoms with E-state index in [0.29, 0.717) is 11.5 Å². The monoisotopic (exact) mass is 171 g/mol. The minimum atomic E-state index is 0. The molecule has 11 heavy (non-hydrogen) atoms. The van der Waals surface area contributed by atoms with Gasteiger partial charge in [-0.3, -0.25) is 5.10 Å². The largest absolute Gasteiger partial charge is 0.383 e. The molecule has 5 nitrogen and oxygen atoms in total. The molecule has 0 fully saturated rings. The number of fused-ring (bicyclic) bond motifs is 1. The summed E-state index contributed by atoms with van der Waals surface area (Å²) in [5.41, 5.74) is 6.08. The molecule has 0 atom stereocenters. The van der Waals surface area contributed by atoms with Gasteiger partial charge in [0.15, 0.2) is 5.65 Å². The Morgan fingerprint density at radius 2 is 2.27 bits per heavy atom. The number of aromatic amines is 1. The van der Waals surface area contributed by atoms with Gasteiger partial charge in [-0.1, -0.05) is 0 Å². The van der Waals surface area contributed by atoms with Crippen LogP contribution in [0.4, 0.5) is 5.82 Å². The van der Waals surface area contributed by atoms with E-state index in [-0.39, 0.29) is 12.4 Å². The van der Waals surface area contributed by atoms with E-state index in [1.165, 1.54) is 6.33 Å². The highest BCUT2D eigenvalue weighted by atomic mass is 35.5. The zero-order valence-corrected chi connectivity index (χ0v) is 6.30. The molecule has 0 radical (unpaired) electrons. The average Bonchev–Trinajstić information content (AvgIpc) is 2.34. The van der Waals surface area contributed by atoms with E-state index >= 15 is 0 Å². The summed E-state index contributed by atoms with van der Waals surface area (Å²) in [4.78, 5) is 7.66. The smallest absolute Gasteiger partial charge is 0.186 e. The van der Waals surface area contributed by atoms with Crippen LogP contribution in [0.5, 0.6) is 0 Å². The van der Waals surface area contributed by atoms with Crippen LogP contribution < -0.4 is 5.73 Å². The number of aromatic nitrogens is 4. The van der Waals surface area contributed by atoms with Crippen LogP contribution in [0.3, 0.4) is 0 Å². The van der Waals surface area contributed by atoms with Gasteiger partial charge in [0, 0.05) is 6.20 Å². The van der Waals surface area contributed by atoms with Crippen molar-refractivity contribution in [2.24, 2.45) is 0 Å². The zero-order valence-electron chi connectivity index (χ0n) is 5.48. The summed E-state index contributed by atoms with van der Waals surface area (Å²) >= 11 is 0. The Hall–Kier alpha value is -1.36. The van der Waals surface area contributed by atoms with Crippen LogP contribution in [0.1, 0.15) is 0 Å². The number of hydrogen-bond donors (Lipinski definition) is 2. The molecule has 0 aliphatic carbocycles. The van der Waals surface area contributed by atoms with Crippen LogP contribution in [0.2, 0.25) is 0 Å². The van der Waals surface area contributed by atoms with Crippen molar-refractivity contribution >= 4 is 29.3 Å². The third-order valence-electron chi connectivity index (χ3n) is 1.26. The van der Waals surface area contributed by atoms with Gasteiger partial charge in [0.25, 0.3) is 0 Å². The summed E-state index contributed by atoms with van der Waals surface area (Å²) in [5, 5.41) is 7.19. The fourth-order valence-corrected chi connectivity index (χ4v) is 0.776. The maximum atomic E-state index is 5.48. The fraction of sp³-hybridized carbons (Fsp3) is 0. The second kappa shape index (κ2) is 2.71. The lowest BCUT2D eigenvalue weighted by Gasteiger charge is -1.83. The normalized spacial score (nSPS) is 9.45. The molecule has 0 unspecified atom stereocenters. The standard InChI is InChI=1S/C5H5N5.ClH/c6-4-3-1-7-2-8-5(3)10-9-4;/h1-2H,(H3,6,7,8,9,10);1H. The van der Waals surface area contributed by atoms with Crippen LogP contribution in [0.25, 0.3) is 11.0 Å². The number of rotatable bonds is 0. The first kappa shape index (κ1) is 7.74. The lowest BCUT2D eigenvalue weighted by Crippen LogP contribution is -1.84. The van der Waals surface area contributed by atoms with Gasteiger partial charge in [-0.05, 0) is 0 Å². The summed E-state index contributed by atoms with van der Waals surface area (Å²) in [6, 6.07) is 0. The van der Waals surface area contributed by atoms with Crippen LogP contribution >= 0.6 is 12.4 Å². The number of nitrogens with two attached hydrogens (primary N) is 1. The van der Waals surface area contributed by atoms with Crippen molar-refractivity contribution in [2.75, 3.05) is 5.73 Å². The summed E-state index contributed by atoms with van der Waals surface area (Å²) in [7, 11) is 0. The Balaban J connectivity index is 0.000000605. The summed E-state index contributed by atoms with van der Waals surface area (Å²) in [6.45, 7) is 0. The van der Waals surface area contributed by atoms with E-state index in [1.54, 1.807) is 6.20 Å². The Kier molecular flexibility index (Phi) is 1.91. The number of hydrogen-bond acceptors (Lipinski definition) is 4. The molecule has 0 amide bonds. The minimum Gasteiger partial charge on any atom is -0.383 e. The molecule has 0 bridgehead atoms. The van der Waals surface area contributed by atoms with Gasteiger partial charge in [-0.25, -0.2) is 9.97 Å². The number of nitrogens with one attached hydrogen (secondary N) is 1. The number of anilines is 1. The second-order valence-corrected chi connectivity index (χ2v) is 1.90. The third kappa shape index (κ3) is 1.10. The van der Waals surface area contributed by atoms with E-state index < -0.39 is 0 Å². The molecule has 0 spiro atoms. The van der Waals surface area contributed by atoms with Crippen molar-refractivity contribution in [1.82, 2.24) is 20.2 Å². The van der Waals surface area contributed by atoms with E-state index in [2.05, 4.69) is 20.2 Å². The lowest BCUT2D eigenvalue weighted by atomic mass is 10.4. The summed E-state index contributed by atoms with van der Waals surface area (Å²) < 4.78 is 0. The molecule has 0 saturated carbocycles. The molecule has 2 heterocycles. The van der Waals surface area contributed by atoms with Crippen LogP contribution in [-0.2, 0) is 0 Å². The van der Waals surface area contributed by atoms with Gasteiger partial charge >= 0.3 is 0 Å². The molecule has 0 saturated heterocycles. The molecule has 6 heteroatoms. The van der Waals surface area contributed by atoms with Crippen molar-refractivity contribution in [1.29, 1.82) is 0 Å². The molecule has 0 aliphatic heterocycles. The van der Waals surface area contributed by atoms with Gasteiger partial charge in [0.05, 0.1) is 5.39 Å². The zero-order chi connectivity index (χ0) is 6.97. The van der Waals surface area contributed by atoms with Gasteiger partial charge in [-0.15, -0.1) is 12.4 Å². The fourth-order valence-electron chi connectivity index (χ4n) is 0.776. The van der Waals surface area contributed by atoms with Crippen LogP contribution in [-0.4, -0.2) is 20.2 Å². The number of halogens is 1. The molecular weight excluding hydrogens is 166 g/mol. The summed E-state index contributed by atoms with van der Waals surface area (Å²) in [5.74, 6) is 0.510. The van der Waals surface area contributed by atoms with E-state index in [1.807, 2.05) is 0 Å². The molecule has 2 rings (SSSR count). The van der Waals surface area contributed by atoms with Crippen LogP contribution in [0, 0.1) is 0 Å². The quantitative estimate of drug-likeness (QED) is 0.600. The third-order valence-corrected chi connectivity index (χ3v) is 1.26. The first-order valence-electron chi connectivity index (χ1n) is 2.77. The molecule has 0 aromatic carbocycles. The molecule has 58 valence electrons. The molecule has 2 aromatic heterocycles. The summed E-state index contributed by atoms with van der Waals surface area (Å²) in [6.07, 6.45) is 3.06. The first-order valence-corrected chi connectivity index (χ1v) is 2.77. The molecular formula is C5H6ClN5. The highest BCUT2D eigenvalue weighted by Crippen LogP contribution is 2.11. The SMILES string of the molecule is Cl.Nc1[nH]nc2ncncc12. The maximum absolute atomic E-state index is 5.48. The Morgan fingerprint density at radius 3 is 3.00 bits per heavy atom. The lowest BCUT2D eigenvalue weighted by molar-refractivity contribution is 1.09. The first-order chi connectivity index (χ1) is 4.88. The van der Waals surface area contributed by atoms with E-state index in [0.717, 1.165) is 5.39 Å². The minimum absolute atomic E-state index is 0. The van der Waals surface area contributed by atoms with Gasteiger partial charge < -0.3 is 5.73 Å². The van der Waals surface area contributed by atoms with Crippen molar-refractivity contribution in [3.63, 3.8) is 0 Å². The molecule has 3 N–H and O–H groups in total. The highest BCUT2D eigenvalue weighted by Gasteiger charge is 1.99. The molecule has 2 aromatic rings. The number of H-pyrrole nitrogens is 1. The van der Waals surface area contributed by atoms with Crippen molar-refractivity contribution in [3.8, 4) is 0 Å². The van der Waals surface area contributed by atoms with Gasteiger partial charge in [0.2, 0.25) is 0 Å². The van der Waals surface area contributed by atoms with Crippen molar-refractivity contribution < 1.29 is 0 Å². The van der Waals surface area contributed by atoms with Gasteiger partial charge in [0.1, 0.15) is 12.1 Å². The Labute approximate surface area is 68.4 Å². The highest BCUT2D eigenvalue weighted by molar-refractivity contribution is 5.85. The van der Waals surface area contributed by atoms with Gasteiger partial charge in [-0.2, -0.15) is 5.10 Å². The number of nitrogens with zero attached hydrogens (tertiary/aromatic N) is 3.